The first kappa shape index (κ1) is 16.4. The molecular weight excluding hydrogens is 288 g/mol. The third-order valence-electron chi connectivity index (χ3n) is 5.43. The molecule has 1 amide bonds. The predicted molar refractivity (Wildman–Crippen MR) is 90.1 cm³/mol. The number of aromatic nitrogens is 1. The molecule has 4 nitrogen and oxygen atoms in total. The van der Waals surface area contributed by atoms with Gasteiger partial charge in [0.25, 0.3) is 0 Å². The van der Waals surface area contributed by atoms with E-state index in [4.69, 9.17) is 4.74 Å². The molecule has 0 N–H and O–H groups in total. The Bertz CT molecular complexity index is 499. The Hall–Kier alpha value is -1.42. The topological polar surface area (TPSA) is 42.4 Å². The van der Waals surface area contributed by atoms with Crippen LogP contribution in [0.2, 0.25) is 0 Å². The molecule has 2 heterocycles. The minimum Gasteiger partial charge on any atom is -0.384 e. The van der Waals surface area contributed by atoms with Gasteiger partial charge in [-0.25, -0.2) is 0 Å². The van der Waals surface area contributed by atoms with Gasteiger partial charge in [0, 0.05) is 50.3 Å². The maximum Gasteiger partial charge on any atom is 0.222 e. The molecule has 2 aliphatic rings. The smallest absolute Gasteiger partial charge is 0.222 e. The van der Waals surface area contributed by atoms with Crippen molar-refractivity contribution in [1.29, 1.82) is 0 Å². The molecular formula is C19H28N2O2. The van der Waals surface area contributed by atoms with Crippen LogP contribution < -0.4 is 0 Å². The van der Waals surface area contributed by atoms with Crippen LogP contribution in [0.25, 0.3) is 0 Å². The van der Waals surface area contributed by atoms with Gasteiger partial charge in [0.2, 0.25) is 5.91 Å². The summed E-state index contributed by atoms with van der Waals surface area (Å²) in [6, 6.07) is 6.04. The van der Waals surface area contributed by atoms with E-state index in [2.05, 4.69) is 16.0 Å². The van der Waals surface area contributed by atoms with Crippen molar-refractivity contribution in [2.24, 2.45) is 11.8 Å². The molecule has 0 aromatic carbocycles. The Kier molecular flexibility index (Phi) is 5.65. The molecule has 23 heavy (non-hydrogen) atoms. The molecule has 2 atom stereocenters. The SMILES string of the molecule is COC[C@@H]1CN(C(=O)CC2CCCCC2)C[C@H]1c1ccccn1. The van der Waals surface area contributed by atoms with Crippen LogP contribution in [-0.2, 0) is 9.53 Å². The predicted octanol–water partition coefficient (Wildman–Crippen LogP) is 3.24. The van der Waals surface area contributed by atoms with Gasteiger partial charge in [0.1, 0.15) is 0 Å². The summed E-state index contributed by atoms with van der Waals surface area (Å²) in [6.07, 6.45) is 8.95. The van der Waals surface area contributed by atoms with Crippen LogP contribution >= 0.6 is 0 Å². The highest BCUT2D eigenvalue weighted by Gasteiger charge is 2.37. The number of likely N-dealkylation sites (tertiary alicyclic amines) is 1. The fourth-order valence-electron chi connectivity index (χ4n) is 4.16. The second-order valence-corrected chi connectivity index (χ2v) is 7.08. The number of hydrogen-bond acceptors (Lipinski definition) is 3. The molecule has 1 saturated carbocycles. The molecule has 3 rings (SSSR count). The zero-order valence-electron chi connectivity index (χ0n) is 14.1. The number of nitrogens with zero attached hydrogens (tertiary/aromatic N) is 2. The largest absolute Gasteiger partial charge is 0.384 e. The zero-order chi connectivity index (χ0) is 16.1. The summed E-state index contributed by atoms with van der Waals surface area (Å²) in [5.41, 5.74) is 1.09. The van der Waals surface area contributed by atoms with Crippen molar-refractivity contribution in [1.82, 2.24) is 9.88 Å². The van der Waals surface area contributed by atoms with Crippen molar-refractivity contribution in [3.05, 3.63) is 30.1 Å². The van der Waals surface area contributed by atoms with Gasteiger partial charge in [0.15, 0.2) is 0 Å². The van der Waals surface area contributed by atoms with Crippen LogP contribution in [0.4, 0.5) is 0 Å². The summed E-state index contributed by atoms with van der Waals surface area (Å²) < 4.78 is 5.39. The molecule has 126 valence electrons. The van der Waals surface area contributed by atoms with Crippen molar-refractivity contribution < 1.29 is 9.53 Å². The molecule has 1 aliphatic heterocycles. The number of rotatable bonds is 5. The number of carbonyl (C=O) groups is 1. The first-order chi connectivity index (χ1) is 11.3. The number of ether oxygens (including phenoxy) is 1. The highest BCUT2D eigenvalue weighted by atomic mass is 16.5. The number of methoxy groups -OCH3 is 1. The van der Waals surface area contributed by atoms with E-state index in [1.165, 1.54) is 32.1 Å². The summed E-state index contributed by atoms with van der Waals surface area (Å²) in [5.74, 6) is 1.58. The van der Waals surface area contributed by atoms with Gasteiger partial charge in [-0.3, -0.25) is 9.78 Å². The second-order valence-electron chi connectivity index (χ2n) is 7.08. The summed E-state index contributed by atoms with van der Waals surface area (Å²) in [7, 11) is 1.74. The molecule has 1 saturated heterocycles. The molecule has 0 bridgehead atoms. The fraction of sp³-hybridized carbons (Fsp3) is 0.684. The van der Waals surface area contributed by atoms with Crippen molar-refractivity contribution in [3.63, 3.8) is 0 Å². The van der Waals surface area contributed by atoms with Gasteiger partial charge in [0.05, 0.1) is 6.61 Å². The minimum absolute atomic E-state index is 0.298. The van der Waals surface area contributed by atoms with Crippen LogP contribution in [0, 0.1) is 11.8 Å². The van der Waals surface area contributed by atoms with Crippen molar-refractivity contribution in [2.75, 3.05) is 26.8 Å². The standard InChI is InChI=1S/C19H28N2O2/c1-23-14-16-12-21(13-17(16)18-9-5-6-10-20-18)19(22)11-15-7-3-2-4-8-15/h5-6,9-10,15-17H,2-4,7-8,11-14H2,1H3/t16-,17+/m0/s1. The highest BCUT2D eigenvalue weighted by molar-refractivity contribution is 5.77. The van der Waals surface area contributed by atoms with Crippen molar-refractivity contribution >= 4 is 5.91 Å². The van der Waals surface area contributed by atoms with E-state index in [-0.39, 0.29) is 0 Å². The van der Waals surface area contributed by atoms with Crippen LogP contribution in [0.1, 0.15) is 50.1 Å². The first-order valence-electron chi connectivity index (χ1n) is 8.95. The lowest BCUT2D eigenvalue weighted by Crippen LogP contribution is -2.31. The van der Waals surface area contributed by atoms with Crippen LogP contribution in [-0.4, -0.2) is 42.6 Å². The monoisotopic (exact) mass is 316 g/mol. The number of amides is 1. The number of carbonyl (C=O) groups excluding carboxylic acids is 1. The van der Waals surface area contributed by atoms with Crippen LogP contribution in [0.5, 0.6) is 0 Å². The molecule has 0 spiro atoms. The first-order valence-corrected chi connectivity index (χ1v) is 8.95. The molecule has 4 heteroatoms. The Morgan fingerprint density at radius 1 is 1.26 bits per heavy atom. The van der Waals surface area contributed by atoms with Crippen molar-refractivity contribution in [2.45, 2.75) is 44.4 Å². The lowest BCUT2D eigenvalue weighted by atomic mass is 9.87. The van der Waals surface area contributed by atoms with E-state index >= 15 is 0 Å². The lowest BCUT2D eigenvalue weighted by Gasteiger charge is -2.24. The van der Waals surface area contributed by atoms with Gasteiger partial charge in [-0.05, 0) is 30.9 Å². The summed E-state index contributed by atoms with van der Waals surface area (Å²) in [5, 5.41) is 0. The minimum atomic E-state index is 0.298. The average molecular weight is 316 g/mol. The second kappa shape index (κ2) is 7.91. The number of hydrogen-bond donors (Lipinski definition) is 0. The summed E-state index contributed by atoms with van der Waals surface area (Å²) in [6.45, 7) is 2.28. The van der Waals surface area contributed by atoms with Gasteiger partial charge in [-0.15, -0.1) is 0 Å². The quantitative estimate of drug-likeness (QED) is 0.837. The van der Waals surface area contributed by atoms with Gasteiger partial charge >= 0.3 is 0 Å². The van der Waals surface area contributed by atoms with Crippen LogP contribution in [0.3, 0.4) is 0 Å². The maximum atomic E-state index is 12.7. The molecule has 0 unspecified atom stereocenters. The maximum absolute atomic E-state index is 12.7. The third-order valence-corrected chi connectivity index (χ3v) is 5.43. The Morgan fingerprint density at radius 2 is 2.09 bits per heavy atom. The molecule has 1 aromatic rings. The normalized spacial score (nSPS) is 25.7. The highest BCUT2D eigenvalue weighted by Crippen LogP contribution is 2.33. The zero-order valence-corrected chi connectivity index (χ0v) is 14.1. The molecule has 1 aliphatic carbocycles. The molecule has 1 aromatic heterocycles. The van der Waals surface area contributed by atoms with E-state index in [1.807, 2.05) is 18.3 Å². The Balaban J connectivity index is 1.63. The van der Waals surface area contributed by atoms with E-state index in [1.54, 1.807) is 7.11 Å². The third kappa shape index (κ3) is 4.11. The lowest BCUT2D eigenvalue weighted by molar-refractivity contribution is -0.131. The van der Waals surface area contributed by atoms with Gasteiger partial charge in [-0.1, -0.05) is 25.3 Å². The van der Waals surface area contributed by atoms with Crippen molar-refractivity contribution in [3.8, 4) is 0 Å². The van der Waals surface area contributed by atoms with Gasteiger partial charge < -0.3 is 9.64 Å². The van der Waals surface area contributed by atoms with E-state index < -0.39 is 0 Å². The average Bonchev–Trinajstić information content (AvgIpc) is 3.01. The Morgan fingerprint density at radius 3 is 2.78 bits per heavy atom. The summed E-state index contributed by atoms with van der Waals surface area (Å²) in [4.78, 5) is 19.3. The van der Waals surface area contributed by atoms with Gasteiger partial charge in [-0.2, -0.15) is 0 Å². The number of pyridine rings is 1. The van der Waals surface area contributed by atoms with E-state index in [0.29, 0.717) is 30.3 Å². The van der Waals surface area contributed by atoms with E-state index in [0.717, 1.165) is 25.2 Å². The molecule has 2 fully saturated rings. The van der Waals surface area contributed by atoms with Crippen LogP contribution in [0.15, 0.2) is 24.4 Å². The van der Waals surface area contributed by atoms with E-state index in [9.17, 15) is 4.79 Å². The fourth-order valence-corrected chi connectivity index (χ4v) is 4.16. The summed E-state index contributed by atoms with van der Waals surface area (Å²) >= 11 is 0. The Labute approximate surface area is 139 Å². The molecule has 0 radical (unpaired) electrons.